The Kier molecular flexibility index (Phi) is 5.16. The molecule has 1 aromatic rings. The molecule has 0 spiro atoms. The second-order valence-corrected chi connectivity index (χ2v) is 5.07. The van der Waals surface area contributed by atoms with E-state index in [9.17, 15) is 4.79 Å². The largest absolute Gasteiger partial charge is 0.478 e. The number of piperidine rings is 1. The summed E-state index contributed by atoms with van der Waals surface area (Å²) in [6.07, 6.45) is 5.47. The standard InChI is InChI=1S/C16H21NO2/c18-16(19)13-15-8-11-17(12-9-15)10-4-7-14-5-2-1-3-6-14/h1-3,5-6,13H,4,7-12H2,(H,18,19). The first kappa shape index (κ1) is 13.8. The number of aryl methyl sites for hydroxylation is 1. The van der Waals surface area contributed by atoms with Crippen molar-refractivity contribution in [3.8, 4) is 0 Å². The quantitative estimate of drug-likeness (QED) is 0.827. The van der Waals surface area contributed by atoms with E-state index in [4.69, 9.17) is 5.11 Å². The molecule has 3 nitrogen and oxygen atoms in total. The molecular weight excluding hydrogens is 238 g/mol. The highest BCUT2D eigenvalue weighted by Crippen LogP contribution is 2.16. The average molecular weight is 259 g/mol. The lowest BCUT2D eigenvalue weighted by Gasteiger charge is -2.28. The molecule has 1 saturated heterocycles. The van der Waals surface area contributed by atoms with Crippen molar-refractivity contribution in [3.63, 3.8) is 0 Å². The zero-order valence-corrected chi connectivity index (χ0v) is 11.2. The van der Waals surface area contributed by atoms with Crippen molar-refractivity contribution < 1.29 is 9.90 Å². The minimum absolute atomic E-state index is 0.812. The molecule has 3 heteroatoms. The van der Waals surface area contributed by atoms with Crippen LogP contribution in [0, 0.1) is 0 Å². The second kappa shape index (κ2) is 7.10. The van der Waals surface area contributed by atoms with E-state index in [0.29, 0.717) is 0 Å². The van der Waals surface area contributed by atoms with Gasteiger partial charge in [0.2, 0.25) is 0 Å². The number of carbonyl (C=O) groups is 1. The highest BCUT2D eigenvalue weighted by atomic mass is 16.4. The molecule has 1 aliphatic heterocycles. The van der Waals surface area contributed by atoms with Gasteiger partial charge >= 0.3 is 5.97 Å². The SMILES string of the molecule is O=C(O)C=C1CCN(CCCc2ccccc2)CC1. The fourth-order valence-electron chi connectivity index (χ4n) is 2.53. The summed E-state index contributed by atoms with van der Waals surface area (Å²) < 4.78 is 0. The predicted octanol–water partition coefficient (Wildman–Crippen LogP) is 2.73. The number of hydrogen-bond acceptors (Lipinski definition) is 2. The molecule has 1 aliphatic rings. The maximum absolute atomic E-state index is 10.6. The number of aliphatic carboxylic acids is 1. The molecule has 0 amide bonds. The third kappa shape index (κ3) is 4.87. The van der Waals surface area contributed by atoms with Crippen LogP contribution in [0.3, 0.4) is 0 Å². The molecule has 1 fully saturated rings. The summed E-state index contributed by atoms with van der Waals surface area (Å²) in [4.78, 5) is 13.0. The van der Waals surface area contributed by atoms with E-state index in [-0.39, 0.29) is 0 Å². The van der Waals surface area contributed by atoms with Gasteiger partial charge in [-0.1, -0.05) is 35.9 Å². The first-order valence-electron chi connectivity index (χ1n) is 6.93. The van der Waals surface area contributed by atoms with E-state index in [2.05, 4.69) is 29.2 Å². The van der Waals surface area contributed by atoms with Crippen LogP contribution in [0.5, 0.6) is 0 Å². The van der Waals surface area contributed by atoms with E-state index in [1.165, 1.54) is 18.1 Å². The molecule has 0 aromatic heterocycles. The van der Waals surface area contributed by atoms with Crippen molar-refractivity contribution in [2.45, 2.75) is 25.7 Å². The van der Waals surface area contributed by atoms with Crippen LogP contribution < -0.4 is 0 Å². The van der Waals surface area contributed by atoms with E-state index in [0.717, 1.165) is 44.5 Å². The Bertz CT molecular complexity index is 429. The summed E-state index contributed by atoms with van der Waals surface area (Å²) in [6, 6.07) is 10.6. The number of carboxylic acids is 1. The van der Waals surface area contributed by atoms with Crippen LogP contribution >= 0.6 is 0 Å². The molecule has 19 heavy (non-hydrogen) atoms. The summed E-state index contributed by atoms with van der Waals surface area (Å²) >= 11 is 0. The highest BCUT2D eigenvalue weighted by Gasteiger charge is 2.13. The molecule has 102 valence electrons. The Labute approximate surface area is 114 Å². The average Bonchev–Trinajstić information content (AvgIpc) is 2.41. The summed E-state index contributed by atoms with van der Waals surface area (Å²) in [5.74, 6) is -0.812. The van der Waals surface area contributed by atoms with Crippen molar-refractivity contribution in [1.29, 1.82) is 0 Å². The van der Waals surface area contributed by atoms with Gasteiger partial charge in [0.05, 0.1) is 0 Å². The molecule has 1 N–H and O–H groups in total. The molecule has 0 aliphatic carbocycles. The molecule has 0 atom stereocenters. The Balaban J connectivity index is 1.67. The summed E-state index contributed by atoms with van der Waals surface area (Å²) in [5.41, 5.74) is 2.47. The molecule has 1 aromatic carbocycles. The van der Waals surface area contributed by atoms with E-state index in [1.807, 2.05) is 6.07 Å². The van der Waals surface area contributed by atoms with Crippen LogP contribution in [0.2, 0.25) is 0 Å². The maximum atomic E-state index is 10.6. The van der Waals surface area contributed by atoms with E-state index < -0.39 is 5.97 Å². The lowest BCUT2D eigenvalue weighted by molar-refractivity contribution is -0.131. The minimum atomic E-state index is -0.812. The first-order chi connectivity index (χ1) is 9.24. The van der Waals surface area contributed by atoms with Crippen LogP contribution in [0.4, 0.5) is 0 Å². The number of benzene rings is 1. The normalized spacial score (nSPS) is 16.3. The zero-order valence-electron chi connectivity index (χ0n) is 11.2. The fourth-order valence-corrected chi connectivity index (χ4v) is 2.53. The van der Waals surface area contributed by atoms with Crippen LogP contribution in [-0.2, 0) is 11.2 Å². The van der Waals surface area contributed by atoms with Gasteiger partial charge in [-0.15, -0.1) is 0 Å². The predicted molar refractivity (Wildman–Crippen MR) is 76.2 cm³/mol. The lowest BCUT2D eigenvalue weighted by Crippen LogP contribution is -2.32. The molecule has 0 unspecified atom stereocenters. The van der Waals surface area contributed by atoms with Crippen molar-refractivity contribution >= 4 is 5.97 Å². The third-order valence-electron chi connectivity index (χ3n) is 3.61. The zero-order chi connectivity index (χ0) is 13.5. The van der Waals surface area contributed by atoms with Crippen LogP contribution in [0.1, 0.15) is 24.8 Å². The van der Waals surface area contributed by atoms with Gasteiger partial charge in [-0.2, -0.15) is 0 Å². The number of carboxylic acid groups (broad SMARTS) is 1. The summed E-state index contributed by atoms with van der Waals surface area (Å²) in [6.45, 7) is 3.09. The van der Waals surface area contributed by atoms with E-state index >= 15 is 0 Å². The number of hydrogen-bond donors (Lipinski definition) is 1. The fraction of sp³-hybridized carbons (Fsp3) is 0.438. The Morgan fingerprint density at radius 3 is 2.53 bits per heavy atom. The van der Waals surface area contributed by atoms with Crippen LogP contribution in [-0.4, -0.2) is 35.6 Å². The van der Waals surface area contributed by atoms with Gasteiger partial charge in [-0.25, -0.2) is 4.79 Å². The molecule has 2 rings (SSSR count). The van der Waals surface area contributed by atoms with Gasteiger partial charge in [-0.3, -0.25) is 0 Å². The Morgan fingerprint density at radius 2 is 1.89 bits per heavy atom. The third-order valence-corrected chi connectivity index (χ3v) is 3.61. The van der Waals surface area contributed by atoms with Gasteiger partial charge < -0.3 is 10.0 Å². The number of rotatable bonds is 5. The molecule has 0 radical (unpaired) electrons. The first-order valence-corrected chi connectivity index (χ1v) is 6.93. The maximum Gasteiger partial charge on any atom is 0.328 e. The van der Waals surface area contributed by atoms with Gasteiger partial charge in [0, 0.05) is 19.2 Å². The van der Waals surface area contributed by atoms with Crippen molar-refractivity contribution in [3.05, 3.63) is 47.5 Å². The minimum Gasteiger partial charge on any atom is -0.478 e. The highest BCUT2D eigenvalue weighted by molar-refractivity contribution is 5.80. The summed E-state index contributed by atoms with van der Waals surface area (Å²) in [5, 5.41) is 8.71. The Morgan fingerprint density at radius 1 is 1.21 bits per heavy atom. The molecular formula is C16H21NO2. The smallest absolute Gasteiger partial charge is 0.328 e. The van der Waals surface area contributed by atoms with Gasteiger partial charge in [-0.05, 0) is 37.8 Å². The molecule has 0 bridgehead atoms. The van der Waals surface area contributed by atoms with E-state index in [1.54, 1.807) is 0 Å². The second-order valence-electron chi connectivity index (χ2n) is 5.07. The monoisotopic (exact) mass is 259 g/mol. The van der Waals surface area contributed by atoms with Crippen LogP contribution in [0.15, 0.2) is 42.0 Å². The molecule has 1 heterocycles. The number of likely N-dealkylation sites (tertiary alicyclic amines) is 1. The lowest BCUT2D eigenvalue weighted by atomic mass is 10.0. The van der Waals surface area contributed by atoms with Crippen molar-refractivity contribution in [2.24, 2.45) is 0 Å². The van der Waals surface area contributed by atoms with Crippen molar-refractivity contribution in [2.75, 3.05) is 19.6 Å². The molecule has 0 saturated carbocycles. The summed E-state index contributed by atoms with van der Waals surface area (Å²) in [7, 11) is 0. The van der Waals surface area contributed by atoms with Gasteiger partial charge in [0.15, 0.2) is 0 Å². The van der Waals surface area contributed by atoms with Gasteiger partial charge in [0.25, 0.3) is 0 Å². The van der Waals surface area contributed by atoms with Gasteiger partial charge in [0.1, 0.15) is 0 Å². The van der Waals surface area contributed by atoms with Crippen LogP contribution in [0.25, 0.3) is 0 Å². The van der Waals surface area contributed by atoms with Crippen molar-refractivity contribution in [1.82, 2.24) is 4.90 Å². The Hall–Kier alpha value is -1.61. The topological polar surface area (TPSA) is 40.5 Å². The number of nitrogens with zero attached hydrogens (tertiary/aromatic N) is 1.